The Morgan fingerprint density at radius 3 is 2.72 bits per heavy atom. The molecule has 0 bridgehead atoms. The van der Waals surface area contributed by atoms with Crippen molar-refractivity contribution in [2.45, 2.75) is 32.1 Å². The van der Waals surface area contributed by atoms with Crippen LogP contribution < -0.4 is 10.1 Å². The lowest BCUT2D eigenvalue weighted by atomic mass is 9.85. The van der Waals surface area contributed by atoms with Crippen molar-refractivity contribution in [3.05, 3.63) is 72.9 Å². The maximum atomic E-state index is 14.8. The van der Waals surface area contributed by atoms with E-state index in [0.29, 0.717) is 46.2 Å². The van der Waals surface area contributed by atoms with E-state index in [4.69, 9.17) is 9.72 Å². The van der Waals surface area contributed by atoms with Crippen LogP contribution in [0.25, 0.3) is 55.8 Å². The Morgan fingerprint density at radius 2 is 1.87 bits per heavy atom. The monoisotopic (exact) mass is 616 g/mol. The summed E-state index contributed by atoms with van der Waals surface area (Å²) in [4.78, 5) is 32.2. The number of rotatable bonds is 9. The van der Waals surface area contributed by atoms with Gasteiger partial charge in [-0.2, -0.15) is 5.10 Å². The van der Waals surface area contributed by atoms with E-state index in [2.05, 4.69) is 35.4 Å². The normalized spacial score (nSPS) is 15.4. The number of nitrogens with one attached hydrogen (secondary N) is 3. The fourth-order valence-electron chi connectivity index (χ4n) is 6.30. The highest BCUT2D eigenvalue weighted by atomic mass is 19.1. The van der Waals surface area contributed by atoms with Gasteiger partial charge in [0.25, 0.3) is 0 Å². The third-order valence-electron chi connectivity index (χ3n) is 9.01. The maximum absolute atomic E-state index is 14.8. The summed E-state index contributed by atoms with van der Waals surface area (Å²) >= 11 is 0. The Labute approximate surface area is 264 Å². The molecule has 0 atom stereocenters. The lowest BCUT2D eigenvalue weighted by Crippen LogP contribution is -2.28. The van der Waals surface area contributed by atoms with Gasteiger partial charge >= 0.3 is 0 Å². The molecule has 0 radical (unpaired) electrons. The number of carbonyl (C=O) groups excluding carboxylic acids is 1. The zero-order chi connectivity index (χ0) is 31.0. The molecule has 6 heterocycles. The molecule has 6 aromatic rings. The van der Waals surface area contributed by atoms with Crippen molar-refractivity contribution in [3.8, 4) is 39.7 Å². The molecule has 8 rings (SSSR count). The second-order valence-corrected chi connectivity index (χ2v) is 12.1. The summed E-state index contributed by atoms with van der Waals surface area (Å²) in [6, 6.07) is 14.3. The minimum Gasteiger partial charge on any atom is -0.492 e. The van der Waals surface area contributed by atoms with Gasteiger partial charge in [-0.15, -0.1) is 0 Å². The van der Waals surface area contributed by atoms with Gasteiger partial charge in [0.2, 0.25) is 5.91 Å². The van der Waals surface area contributed by atoms with Crippen LogP contribution in [0.1, 0.15) is 32.1 Å². The molecule has 1 aliphatic heterocycles. The molecule has 3 N–H and O–H groups in total. The topological polar surface area (TPSA) is 125 Å². The van der Waals surface area contributed by atoms with Gasteiger partial charge in [0.15, 0.2) is 0 Å². The number of halogens is 1. The van der Waals surface area contributed by atoms with Crippen molar-refractivity contribution in [1.29, 1.82) is 0 Å². The molecule has 1 saturated heterocycles. The predicted molar refractivity (Wildman–Crippen MR) is 175 cm³/mol. The van der Waals surface area contributed by atoms with Gasteiger partial charge in [0, 0.05) is 53.0 Å². The number of fused-ring (bicyclic) bond motifs is 2. The smallest absolute Gasteiger partial charge is 0.227 e. The molecule has 2 aliphatic rings. The van der Waals surface area contributed by atoms with Crippen molar-refractivity contribution >= 4 is 33.5 Å². The summed E-state index contributed by atoms with van der Waals surface area (Å²) in [7, 11) is 0. The summed E-state index contributed by atoms with van der Waals surface area (Å²) in [6.07, 6.45) is 10.5. The first-order chi connectivity index (χ1) is 22.6. The number of carbonyl (C=O) groups is 1. The Bertz CT molecular complexity index is 2060. The molecular weight excluding hydrogens is 583 g/mol. The largest absolute Gasteiger partial charge is 0.492 e. The zero-order valence-corrected chi connectivity index (χ0v) is 25.2. The number of H-pyrrole nitrogens is 2. The first kappa shape index (κ1) is 28.3. The van der Waals surface area contributed by atoms with Crippen molar-refractivity contribution in [3.63, 3.8) is 0 Å². The first-order valence-corrected chi connectivity index (χ1v) is 15.8. The van der Waals surface area contributed by atoms with Gasteiger partial charge in [-0.1, -0.05) is 6.42 Å². The molecule has 1 aliphatic carbocycles. The lowest BCUT2D eigenvalue weighted by Gasteiger charge is -2.24. The summed E-state index contributed by atoms with van der Waals surface area (Å²) < 4.78 is 20.8. The SMILES string of the molecule is O=C(Nc1cncc(-c2ccc3[nH]nc(-c4cc5c(-c6cc(F)cc(OCCN7CCCC7)c6)nccc5[nH]4)c3n2)c1)C1CCC1. The predicted octanol–water partition coefficient (Wildman–Crippen LogP) is 6.58. The summed E-state index contributed by atoms with van der Waals surface area (Å²) in [5.74, 6) is 0.233. The molecule has 0 unspecified atom stereocenters. The van der Waals surface area contributed by atoms with Crippen LogP contribution in [0.4, 0.5) is 10.1 Å². The minimum atomic E-state index is -0.376. The molecule has 1 amide bonds. The van der Waals surface area contributed by atoms with Crippen LogP contribution in [-0.4, -0.2) is 67.2 Å². The van der Waals surface area contributed by atoms with E-state index in [1.165, 1.54) is 25.0 Å². The molecule has 1 aromatic carbocycles. The molecule has 2 fully saturated rings. The average molecular weight is 617 g/mol. The van der Waals surface area contributed by atoms with Crippen LogP contribution in [0.2, 0.25) is 0 Å². The number of pyridine rings is 3. The summed E-state index contributed by atoms with van der Waals surface area (Å²) in [5, 5.41) is 11.5. The number of aromatic amines is 2. The molecule has 10 nitrogen and oxygen atoms in total. The van der Waals surface area contributed by atoms with Crippen LogP contribution >= 0.6 is 0 Å². The third-order valence-corrected chi connectivity index (χ3v) is 9.01. The maximum Gasteiger partial charge on any atom is 0.227 e. The van der Waals surface area contributed by atoms with Crippen molar-refractivity contribution in [1.82, 2.24) is 35.0 Å². The quantitative estimate of drug-likeness (QED) is 0.168. The number of amides is 1. The van der Waals surface area contributed by atoms with Gasteiger partial charge in [0.05, 0.1) is 34.5 Å². The molecule has 1 saturated carbocycles. The Morgan fingerprint density at radius 1 is 0.978 bits per heavy atom. The first-order valence-electron chi connectivity index (χ1n) is 15.8. The second kappa shape index (κ2) is 12.0. The summed E-state index contributed by atoms with van der Waals surface area (Å²) in [6.45, 7) is 3.51. The number of hydrogen-bond acceptors (Lipinski definition) is 7. The average Bonchev–Trinajstić information content (AvgIpc) is 3.79. The molecule has 46 heavy (non-hydrogen) atoms. The Hall–Kier alpha value is -5.16. The number of nitrogens with zero attached hydrogens (tertiary/aromatic N) is 5. The number of aromatic nitrogens is 6. The molecule has 11 heteroatoms. The fraction of sp³-hybridized carbons (Fsp3) is 0.286. The van der Waals surface area contributed by atoms with Crippen LogP contribution in [0.5, 0.6) is 5.75 Å². The number of likely N-dealkylation sites (tertiary alicyclic amines) is 1. The van der Waals surface area contributed by atoms with Crippen LogP contribution in [0.3, 0.4) is 0 Å². The van der Waals surface area contributed by atoms with Gasteiger partial charge in [-0.3, -0.25) is 24.8 Å². The van der Waals surface area contributed by atoms with E-state index in [1.54, 1.807) is 18.6 Å². The molecule has 0 spiro atoms. The van der Waals surface area contributed by atoms with Crippen LogP contribution in [0, 0.1) is 11.7 Å². The Balaban J connectivity index is 1.09. The highest BCUT2D eigenvalue weighted by molar-refractivity contribution is 5.99. The summed E-state index contributed by atoms with van der Waals surface area (Å²) in [5.41, 5.74) is 7.11. The third kappa shape index (κ3) is 5.58. The van der Waals surface area contributed by atoms with Gasteiger partial charge in [-0.25, -0.2) is 9.37 Å². The van der Waals surface area contributed by atoms with E-state index < -0.39 is 0 Å². The zero-order valence-electron chi connectivity index (χ0n) is 25.2. The van der Waals surface area contributed by atoms with Crippen molar-refractivity contribution in [2.24, 2.45) is 5.92 Å². The van der Waals surface area contributed by atoms with E-state index in [9.17, 15) is 9.18 Å². The standard InChI is InChI=1S/C35H33FN8O2/c36-24-14-22(16-26(17-24)46-13-12-44-10-1-2-11-44)32-27-18-31(40-29(27)8-9-38-32)34-33-30(42-43-34)7-6-28(41-33)23-15-25(20-37-19-23)39-35(45)21-4-3-5-21/h6-9,14-21,40H,1-5,10-13H2,(H,39,45)(H,42,43). The highest BCUT2D eigenvalue weighted by Crippen LogP contribution is 2.35. The van der Waals surface area contributed by atoms with E-state index in [-0.39, 0.29) is 17.6 Å². The number of benzene rings is 1. The van der Waals surface area contributed by atoms with Crippen LogP contribution in [-0.2, 0) is 4.79 Å². The number of hydrogen-bond donors (Lipinski definition) is 3. The van der Waals surface area contributed by atoms with E-state index in [0.717, 1.165) is 66.6 Å². The van der Waals surface area contributed by atoms with Gasteiger partial charge in [0.1, 0.15) is 29.4 Å². The van der Waals surface area contributed by atoms with Crippen molar-refractivity contribution < 1.29 is 13.9 Å². The van der Waals surface area contributed by atoms with E-state index in [1.807, 2.05) is 36.4 Å². The van der Waals surface area contributed by atoms with Gasteiger partial charge < -0.3 is 15.0 Å². The highest BCUT2D eigenvalue weighted by Gasteiger charge is 2.25. The van der Waals surface area contributed by atoms with E-state index >= 15 is 0 Å². The molecular formula is C35H33FN8O2. The Kier molecular flexibility index (Phi) is 7.37. The lowest BCUT2D eigenvalue weighted by molar-refractivity contribution is -0.122. The molecule has 232 valence electrons. The van der Waals surface area contributed by atoms with Crippen LogP contribution in [0.15, 0.2) is 67.1 Å². The fourth-order valence-corrected chi connectivity index (χ4v) is 6.30. The number of anilines is 1. The van der Waals surface area contributed by atoms with Crippen molar-refractivity contribution in [2.75, 3.05) is 31.6 Å². The minimum absolute atomic E-state index is 0.0397. The van der Waals surface area contributed by atoms with Gasteiger partial charge in [-0.05, 0) is 81.2 Å². The second-order valence-electron chi connectivity index (χ2n) is 12.1. The molecule has 5 aromatic heterocycles. The number of ether oxygens (including phenoxy) is 1.